The number of non-ortho nitro benzene ring substituents is 1. The van der Waals surface area contributed by atoms with Gasteiger partial charge < -0.3 is 9.15 Å². The highest BCUT2D eigenvalue weighted by atomic mass is 79.9. The highest BCUT2D eigenvalue weighted by Gasteiger charge is 2.11. The van der Waals surface area contributed by atoms with Gasteiger partial charge in [-0.1, -0.05) is 6.08 Å². The van der Waals surface area contributed by atoms with E-state index in [0.29, 0.717) is 17.0 Å². The number of nitro benzene ring substituents is 1. The molecule has 0 saturated heterocycles. The molecule has 31 heavy (non-hydrogen) atoms. The Morgan fingerprint density at radius 1 is 1.13 bits per heavy atom. The monoisotopic (exact) mass is 477 g/mol. The number of nitrogens with zero attached hydrogens (tertiary/aromatic N) is 3. The van der Waals surface area contributed by atoms with E-state index in [1.807, 2.05) is 42.5 Å². The number of halogens is 1. The van der Waals surface area contributed by atoms with Crippen LogP contribution in [0.25, 0.3) is 28.6 Å². The van der Waals surface area contributed by atoms with E-state index < -0.39 is 4.92 Å². The summed E-state index contributed by atoms with van der Waals surface area (Å²) in [6, 6.07) is 17.4. The molecular formula is C23H16BrN3O4. The fraction of sp³-hybridized carbons (Fsp3) is 0.0435. The average Bonchev–Trinajstić information content (AvgIpc) is 3.20. The minimum Gasteiger partial charge on any atom is -0.496 e. The largest absolute Gasteiger partial charge is 0.496 e. The van der Waals surface area contributed by atoms with Gasteiger partial charge in [0.05, 0.1) is 22.2 Å². The van der Waals surface area contributed by atoms with E-state index in [9.17, 15) is 10.1 Å². The van der Waals surface area contributed by atoms with Crippen LogP contribution < -0.4 is 4.74 Å². The van der Waals surface area contributed by atoms with Gasteiger partial charge in [0, 0.05) is 23.9 Å². The molecule has 7 nitrogen and oxygen atoms in total. The molecule has 0 saturated carbocycles. The number of hydrogen-bond donors (Lipinski definition) is 0. The predicted octanol–water partition coefficient (Wildman–Crippen LogP) is 6.59. The number of rotatable bonds is 6. The molecule has 0 N–H and O–H groups in total. The second-order valence-corrected chi connectivity index (χ2v) is 7.36. The van der Waals surface area contributed by atoms with Crippen molar-refractivity contribution in [2.45, 2.75) is 0 Å². The number of fused-ring (bicyclic) bond motifs is 1. The van der Waals surface area contributed by atoms with Gasteiger partial charge in [-0.2, -0.15) is 0 Å². The molecule has 0 radical (unpaired) electrons. The van der Waals surface area contributed by atoms with Gasteiger partial charge in [0.1, 0.15) is 11.3 Å². The number of ether oxygens (including phenoxy) is 1. The summed E-state index contributed by atoms with van der Waals surface area (Å²) in [6.07, 6.45) is 5.25. The molecule has 8 heteroatoms. The third-order valence-electron chi connectivity index (χ3n) is 4.47. The van der Waals surface area contributed by atoms with E-state index in [-0.39, 0.29) is 5.69 Å². The summed E-state index contributed by atoms with van der Waals surface area (Å²) in [7, 11) is 1.61. The zero-order chi connectivity index (χ0) is 21.8. The Bertz CT molecular complexity index is 1310. The molecule has 0 unspecified atom stereocenters. The number of methoxy groups -OCH3 is 1. The molecule has 0 aliphatic rings. The maximum atomic E-state index is 10.7. The first-order chi connectivity index (χ1) is 15.0. The first kappa shape index (κ1) is 20.5. The zero-order valence-corrected chi connectivity index (χ0v) is 17.9. The van der Waals surface area contributed by atoms with Gasteiger partial charge in [-0.15, -0.1) is 0 Å². The molecule has 154 valence electrons. The molecule has 1 heterocycles. The minimum absolute atomic E-state index is 0.0631. The van der Waals surface area contributed by atoms with Crippen molar-refractivity contribution in [3.05, 3.63) is 86.9 Å². The van der Waals surface area contributed by atoms with Crippen molar-refractivity contribution in [2.75, 3.05) is 7.11 Å². The van der Waals surface area contributed by atoms with Crippen LogP contribution in [0.5, 0.6) is 5.75 Å². The third kappa shape index (κ3) is 4.70. The van der Waals surface area contributed by atoms with Gasteiger partial charge in [0.2, 0.25) is 5.89 Å². The number of benzene rings is 3. The van der Waals surface area contributed by atoms with Crippen molar-refractivity contribution in [2.24, 2.45) is 4.99 Å². The first-order valence-electron chi connectivity index (χ1n) is 9.23. The summed E-state index contributed by atoms with van der Waals surface area (Å²) < 4.78 is 11.9. The molecule has 0 aliphatic heterocycles. The van der Waals surface area contributed by atoms with E-state index in [0.717, 1.165) is 27.0 Å². The van der Waals surface area contributed by atoms with Crippen molar-refractivity contribution in [3.63, 3.8) is 0 Å². The third-order valence-corrected chi connectivity index (χ3v) is 5.09. The molecule has 0 aliphatic carbocycles. The first-order valence-corrected chi connectivity index (χ1v) is 10.0. The SMILES string of the molecule is COc1ccc(-c2nc3cc(N=CC=Cc4ccc([N+](=O)[O-])cc4)ccc3o2)cc1Br. The number of hydrogen-bond acceptors (Lipinski definition) is 6. The molecule has 0 spiro atoms. The van der Waals surface area contributed by atoms with Crippen LogP contribution in [0.4, 0.5) is 11.4 Å². The van der Waals surface area contributed by atoms with Crippen molar-refractivity contribution in [1.82, 2.24) is 4.98 Å². The van der Waals surface area contributed by atoms with Crippen molar-refractivity contribution < 1.29 is 14.1 Å². The molecular weight excluding hydrogens is 462 g/mol. The number of allylic oxidation sites excluding steroid dienone is 1. The lowest BCUT2D eigenvalue weighted by Gasteiger charge is -2.03. The Balaban J connectivity index is 1.50. The second kappa shape index (κ2) is 8.93. The zero-order valence-electron chi connectivity index (χ0n) is 16.4. The number of oxazole rings is 1. The van der Waals surface area contributed by atoms with E-state index in [2.05, 4.69) is 25.9 Å². The molecule has 3 aromatic carbocycles. The Morgan fingerprint density at radius 3 is 2.65 bits per heavy atom. The lowest BCUT2D eigenvalue weighted by molar-refractivity contribution is -0.384. The summed E-state index contributed by atoms with van der Waals surface area (Å²) >= 11 is 3.47. The number of aliphatic imine (C=N–C) groups is 1. The van der Waals surface area contributed by atoms with Crippen LogP contribution in [0, 0.1) is 10.1 Å². The van der Waals surface area contributed by atoms with Crippen LogP contribution in [0.3, 0.4) is 0 Å². The second-order valence-electron chi connectivity index (χ2n) is 6.51. The lowest BCUT2D eigenvalue weighted by atomic mass is 10.2. The van der Waals surface area contributed by atoms with Gasteiger partial charge in [0.15, 0.2) is 5.58 Å². The Kier molecular flexibility index (Phi) is 5.90. The quantitative estimate of drug-likeness (QED) is 0.177. The van der Waals surface area contributed by atoms with Crippen LogP contribution >= 0.6 is 15.9 Å². The summed E-state index contributed by atoms with van der Waals surface area (Å²) in [5.41, 5.74) is 3.85. The molecule has 0 bridgehead atoms. The standard InChI is InChI=1S/C23H16BrN3O4/c1-30-21-10-6-16(13-19(21)24)23-26-20-14-17(7-11-22(20)31-23)25-12-2-3-15-4-8-18(9-5-15)27(28)29/h2-14H,1H3. The van der Waals surface area contributed by atoms with Gasteiger partial charge >= 0.3 is 0 Å². The highest BCUT2D eigenvalue weighted by molar-refractivity contribution is 9.10. The van der Waals surface area contributed by atoms with Crippen molar-refractivity contribution in [1.29, 1.82) is 0 Å². The van der Waals surface area contributed by atoms with Crippen LogP contribution in [-0.2, 0) is 0 Å². The fourth-order valence-corrected chi connectivity index (χ4v) is 3.45. The molecule has 0 fully saturated rings. The van der Waals surface area contributed by atoms with Gasteiger partial charge in [0.25, 0.3) is 5.69 Å². The number of aromatic nitrogens is 1. The minimum atomic E-state index is -0.423. The molecule has 1 aromatic heterocycles. The lowest BCUT2D eigenvalue weighted by Crippen LogP contribution is -1.86. The fourth-order valence-electron chi connectivity index (χ4n) is 2.91. The molecule has 4 aromatic rings. The van der Waals surface area contributed by atoms with E-state index >= 15 is 0 Å². The van der Waals surface area contributed by atoms with Crippen molar-refractivity contribution >= 4 is 50.7 Å². The molecule has 4 rings (SSSR count). The van der Waals surface area contributed by atoms with Crippen LogP contribution in [0.15, 0.2) is 80.6 Å². The molecule has 0 atom stereocenters. The maximum Gasteiger partial charge on any atom is 0.269 e. The smallest absolute Gasteiger partial charge is 0.269 e. The topological polar surface area (TPSA) is 90.8 Å². The summed E-state index contributed by atoms with van der Waals surface area (Å²) in [4.78, 5) is 19.2. The number of nitro groups is 1. The van der Waals surface area contributed by atoms with Crippen LogP contribution in [0.2, 0.25) is 0 Å². The summed E-state index contributed by atoms with van der Waals surface area (Å²) in [5, 5.41) is 10.7. The highest BCUT2D eigenvalue weighted by Crippen LogP contribution is 2.32. The van der Waals surface area contributed by atoms with Crippen molar-refractivity contribution in [3.8, 4) is 17.2 Å². The summed E-state index contributed by atoms with van der Waals surface area (Å²) in [6.45, 7) is 0. The van der Waals surface area contributed by atoms with E-state index in [1.54, 1.807) is 31.5 Å². The van der Waals surface area contributed by atoms with Crippen LogP contribution in [-0.4, -0.2) is 23.2 Å². The van der Waals surface area contributed by atoms with Gasteiger partial charge in [-0.3, -0.25) is 15.1 Å². The Hall–Kier alpha value is -3.78. The predicted molar refractivity (Wildman–Crippen MR) is 124 cm³/mol. The average molecular weight is 478 g/mol. The van der Waals surface area contributed by atoms with Crippen LogP contribution in [0.1, 0.15) is 5.56 Å². The maximum absolute atomic E-state index is 10.7. The Morgan fingerprint density at radius 2 is 1.94 bits per heavy atom. The normalized spacial score (nSPS) is 11.5. The Labute approximate surface area is 186 Å². The van der Waals surface area contributed by atoms with Gasteiger partial charge in [-0.05, 0) is 76.1 Å². The van der Waals surface area contributed by atoms with Gasteiger partial charge in [-0.25, -0.2) is 4.98 Å². The molecule has 0 amide bonds. The van der Waals surface area contributed by atoms with E-state index in [1.165, 1.54) is 12.1 Å². The summed E-state index contributed by atoms with van der Waals surface area (Å²) in [5.74, 6) is 1.25. The van der Waals surface area contributed by atoms with E-state index in [4.69, 9.17) is 9.15 Å².